The summed E-state index contributed by atoms with van der Waals surface area (Å²) in [6, 6.07) is 13.9. The molecule has 0 radical (unpaired) electrons. The lowest BCUT2D eigenvalue weighted by Gasteiger charge is -2.24. The Labute approximate surface area is 142 Å². The van der Waals surface area contributed by atoms with Gasteiger partial charge in [-0.15, -0.1) is 0 Å². The Balaban J connectivity index is 2.06. The largest absolute Gasteiger partial charge is 0.308 e. The summed E-state index contributed by atoms with van der Waals surface area (Å²) < 4.78 is 23.7. The Kier molecular flexibility index (Phi) is 4.43. The molecule has 0 saturated heterocycles. The van der Waals surface area contributed by atoms with Crippen LogP contribution in [0, 0.1) is 12.8 Å². The van der Waals surface area contributed by atoms with Crippen LogP contribution in [0.4, 0.5) is 5.69 Å². The van der Waals surface area contributed by atoms with Gasteiger partial charge in [0.05, 0.1) is 10.5 Å². The summed E-state index contributed by atoms with van der Waals surface area (Å²) in [7, 11) is -3.97. The number of hydrogen-bond donors (Lipinski definition) is 1. The molecule has 2 aromatic carbocycles. The van der Waals surface area contributed by atoms with Crippen molar-refractivity contribution in [3.63, 3.8) is 0 Å². The first-order chi connectivity index (χ1) is 11.4. The summed E-state index contributed by atoms with van der Waals surface area (Å²) >= 11 is 0. The predicted octanol–water partition coefficient (Wildman–Crippen LogP) is 2.70. The van der Waals surface area contributed by atoms with Crippen LogP contribution < -0.4 is 10.0 Å². The predicted molar refractivity (Wildman–Crippen MR) is 93.4 cm³/mol. The number of sulfonamides is 1. The van der Waals surface area contributed by atoms with Gasteiger partial charge in [-0.1, -0.05) is 29.8 Å². The molecule has 0 aromatic heterocycles. The van der Waals surface area contributed by atoms with E-state index in [1.165, 1.54) is 6.07 Å². The van der Waals surface area contributed by atoms with E-state index in [-0.39, 0.29) is 16.4 Å². The molecule has 1 aliphatic rings. The molecule has 2 N–H and O–H groups in total. The zero-order valence-electron chi connectivity index (χ0n) is 13.5. The van der Waals surface area contributed by atoms with Crippen LogP contribution in [0.15, 0.2) is 53.4 Å². The van der Waals surface area contributed by atoms with Crippen LogP contribution in [0.5, 0.6) is 0 Å². The minimum atomic E-state index is -3.97. The number of primary sulfonamides is 1. The lowest BCUT2D eigenvalue weighted by molar-refractivity contribution is 0.0982. The van der Waals surface area contributed by atoms with Gasteiger partial charge in [-0.3, -0.25) is 4.79 Å². The molecule has 0 atom stereocenters. The molecule has 1 amide bonds. The zero-order chi connectivity index (χ0) is 17.3. The van der Waals surface area contributed by atoms with Crippen molar-refractivity contribution in [2.24, 2.45) is 11.1 Å². The summed E-state index contributed by atoms with van der Waals surface area (Å²) in [5.74, 6) is 0.137. The van der Waals surface area contributed by atoms with Gasteiger partial charge in [-0.2, -0.15) is 0 Å². The van der Waals surface area contributed by atoms with E-state index in [0.717, 1.165) is 24.1 Å². The number of para-hydroxylation sites is 1. The summed E-state index contributed by atoms with van der Waals surface area (Å²) in [5, 5.41) is 5.30. The summed E-state index contributed by atoms with van der Waals surface area (Å²) in [5.41, 5.74) is 1.70. The van der Waals surface area contributed by atoms with Crippen LogP contribution >= 0.6 is 0 Å². The number of hydrogen-bond acceptors (Lipinski definition) is 3. The molecule has 0 bridgehead atoms. The van der Waals surface area contributed by atoms with E-state index in [2.05, 4.69) is 0 Å². The highest BCUT2D eigenvalue weighted by atomic mass is 32.2. The fraction of sp³-hybridized carbons (Fsp3) is 0.278. The first kappa shape index (κ1) is 16.7. The van der Waals surface area contributed by atoms with Crippen molar-refractivity contribution in [1.82, 2.24) is 0 Å². The van der Waals surface area contributed by atoms with Crippen molar-refractivity contribution in [3.05, 3.63) is 59.7 Å². The smallest absolute Gasteiger partial charge is 0.259 e. The number of aryl methyl sites for hydroxylation is 1. The zero-order valence-corrected chi connectivity index (χ0v) is 14.3. The van der Waals surface area contributed by atoms with Gasteiger partial charge >= 0.3 is 0 Å². The molecule has 24 heavy (non-hydrogen) atoms. The monoisotopic (exact) mass is 344 g/mol. The number of carbonyl (C=O) groups is 1. The quantitative estimate of drug-likeness (QED) is 0.905. The van der Waals surface area contributed by atoms with E-state index in [1.807, 2.05) is 37.3 Å². The van der Waals surface area contributed by atoms with E-state index in [9.17, 15) is 13.2 Å². The molecular formula is C18H20N2O3S. The molecule has 2 aromatic rings. The van der Waals surface area contributed by atoms with E-state index < -0.39 is 10.0 Å². The van der Waals surface area contributed by atoms with E-state index in [0.29, 0.717) is 12.5 Å². The standard InChI is InChI=1S/C18H20N2O3S/c1-13-7-10-17(24(19,22)23)16(11-13)18(21)20(12-14-8-9-14)15-5-3-2-4-6-15/h2-7,10-11,14H,8-9,12H2,1H3,(H2,19,22,23). The average Bonchev–Trinajstić information content (AvgIpc) is 3.35. The Morgan fingerprint density at radius 3 is 2.42 bits per heavy atom. The number of rotatable bonds is 5. The first-order valence-electron chi connectivity index (χ1n) is 7.86. The molecule has 126 valence electrons. The van der Waals surface area contributed by atoms with Crippen LogP contribution in [0.3, 0.4) is 0 Å². The third-order valence-corrected chi connectivity index (χ3v) is 5.09. The average molecular weight is 344 g/mol. The van der Waals surface area contributed by atoms with Crippen LogP contribution in [-0.4, -0.2) is 20.9 Å². The molecule has 1 fully saturated rings. The van der Waals surface area contributed by atoms with Crippen molar-refractivity contribution in [1.29, 1.82) is 0 Å². The van der Waals surface area contributed by atoms with Crippen molar-refractivity contribution in [2.45, 2.75) is 24.7 Å². The number of benzene rings is 2. The van der Waals surface area contributed by atoms with Gasteiger partial charge in [0, 0.05) is 12.2 Å². The van der Waals surface area contributed by atoms with Gasteiger partial charge in [0.1, 0.15) is 0 Å². The Morgan fingerprint density at radius 1 is 1.17 bits per heavy atom. The second-order valence-corrected chi connectivity index (χ2v) is 7.77. The van der Waals surface area contributed by atoms with Crippen LogP contribution in [0.1, 0.15) is 28.8 Å². The van der Waals surface area contributed by atoms with Gasteiger partial charge in [0.2, 0.25) is 10.0 Å². The van der Waals surface area contributed by atoms with E-state index in [1.54, 1.807) is 17.0 Å². The molecule has 3 rings (SSSR count). The van der Waals surface area contributed by atoms with E-state index >= 15 is 0 Å². The Hall–Kier alpha value is -2.18. The molecule has 0 spiro atoms. The Morgan fingerprint density at radius 2 is 1.83 bits per heavy atom. The number of carbonyl (C=O) groups excluding carboxylic acids is 1. The van der Waals surface area contributed by atoms with Gasteiger partial charge in [-0.05, 0) is 49.9 Å². The maximum absolute atomic E-state index is 13.1. The van der Waals surface area contributed by atoms with Crippen LogP contribution in [0.25, 0.3) is 0 Å². The lowest BCUT2D eigenvalue weighted by Crippen LogP contribution is -2.34. The fourth-order valence-corrected chi connectivity index (χ4v) is 3.39. The molecule has 0 unspecified atom stereocenters. The van der Waals surface area contributed by atoms with Crippen molar-refractivity contribution < 1.29 is 13.2 Å². The number of nitrogens with two attached hydrogens (primary N) is 1. The molecular weight excluding hydrogens is 324 g/mol. The fourth-order valence-electron chi connectivity index (χ4n) is 2.68. The first-order valence-corrected chi connectivity index (χ1v) is 9.41. The topological polar surface area (TPSA) is 80.5 Å². The summed E-state index contributed by atoms with van der Waals surface area (Å²) in [4.78, 5) is 14.7. The minimum Gasteiger partial charge on any atom is -0.308 e. The minimum absolute atomic E-state index is 0.127. The summed E-state index contributed by atoms with van der Waals surface area (Å²) in [6.45, 7) is 2.40. The molecule has 6 heteroatoms. The SMILES string of the molecule is Cc1ccc(S(N)(=O)=O)c(C(=O)N(CC2CC2)c2ccccc2)c1. The Bertz CT molecular complexity index is 859. The lowest BCUT2D eigenvalue weighted by atomic mass is 10.1. The maximum Gasteiger partial charge on any atom is 0.259 e. The summed E-state index contributed by atoms with van der Waals surface area (Å²) in [6.07, 6.45) is 2.18. The molecule has 0 aliphatic heterocycles. The highest BCUT2D eigenvalue weighted by Gasteiger charge is 2.30. The van der Waals surface area contributed by atoms with Gasteiger partial charge < -0.3 is 4.90 Å². The van der Waals surface area contributed by atoms with Crippen LogP contribution in [0.2, 0.25) is 0 Å². The number of nitrogens with zero attached hydrogens (tertiary/aromatic N) is 1. The molecule has 1 saturated carbocycles. The van der Waals surface area contributed by atoms with Gasteiger partial charge in [0.15, 0.2) is 0 Å². The highest BCUT2D eigenvalue weighted by Crippen LogP contribution is 2.32. The van der Waals surface area contributed by atoms with Crippen molar-refractivity contribution in [2.75, 3.05) is 11.4 Å². The number of anilines is 1. The molecule has 1 aliphatic carbocycles. The molecule has 5 nitrogen and oxygen atoms in total. The highest BCUT2D eigenvalue weighted by molar-refractivity contribution is 7.89. The van der Waals surface area contributed by atoms with Crippen LogP contribution in [-0.2, 0) is 10.0 Å². The van der Waals surface area contributed by atoms with E-state index in [4.69, 9.17) is 5.14 Å². The third-order valence-electron chi connectivity index (χ3n) is 4.12. The second-order valence-electron chi connectivity index (χ2n) is 6.24. The molecule has 0 heterocycles. The number of amides is 1. The van der Waals surface area contributed by atoms with Gasteiger partial charge in [-0.25, -0.2) is 13.6 Å². The maximum atomic E-state index is 13.1. The third kappa shape index (κ3) is 3.66. The normalized spacial score (nSPS) is 14.4. The van der Waals surface area contributed by atoms with Crippen molar-refractivity contribution in [3.8, 4) is 0 Å². The van der Waals surface area contributed by atoms with Gasteiger partial charge in [0.25, 0.3) is 5.91 Å². The van der Waals surface area contributed by atoms with Crippen molar-refractivity contribution >= 4 is 21.6 Å². The second kappa shape index (κ2) is 6.37.